The summed E-state index contributed by atoms with van der Waals surface area (Å²) in [6, 6.07) is 0. The highest BCUT2D eigenvalue weighted by atomic mass is 16.5. The predicted octanol–water partition coefficient (Wildman–Crippen LogP) is 0.668. The Morgan fingerprint density at radius 1 is 1.73 bits per heavy atom. The van der Waals surface area contributed by atoms with E-state index < -0.39 is 6.09 Å². The van der Waals surface area contributed by atoms with Gasteiger partial charge in [0, 0.05) is 6.21 Å². The number of nitrogens with one attached hydrogen (secondary N) is 1. The maximum atomic E-state index is 10.1. The lowest BCUT2D eigenvalue weighted by atomic mass is 10.7. The van der Waals surface area contributed by atoms with Gasteiger partial charge < -0.3 is 9.84 Å². The molecule has 0 unspecified atom stereocenters. The Morgan fingerprint density at radius 2 is 2.55 bits per heavy atom. The summed E-state index contributed by atoms with van der Waals surface area (Å²) in [4.78, 5) is 13.8. The molecule has 11 heavy (non-hydrogen) atoms. The zero-order valence-corrected chi connectivity index (χ0v) is 5.52. The third-order valence-electron chi connectivity index (χ3n) is 0.871. The molecule has 1 aliphatic heterocycles. The molecular weight excluding hydrogens is 148 g/mol. The zero-order chi connectivity index (χ0) is 8.10. The Labute approximate surface area is 62.7 Å². The molecular formula is C6H6N2O3. The fourth-order valence-electron chi connectivity index (χ4n) is 0.509. The van der Waals surface area contributed by atoms with E-state index in [0.717, 1.165) is 0 Å². The summed E-state index contributed by atoms with van der Waals surface area (Å²) in [6.07, 6.45) is 4.40. The SMILES string of the molecule is O=C(O)NC1=COC=CC=N1. The number of carbonyl (C=O) groups is 1. The standard InChI is InChI=1S/C6H6N2O3/c9-6(10)8-5-4-11-3-1-2-7-5/h1-4,8H,(H,9,10). The van der Waals surface area contributed by atoms with Crippen LogP contribution in [0.5, 0.6) is 0 Å². The molecule has 0 bridgehead atoms. The first kappa shape index (κ1) is 7.33. The fourth-order valence-corrected chi connectivity index (χ4v) is 0.509. The second-order valence-electron chi connectivity index (χ2n) is 1.68. The van der Waals surface area contributed by atoms with Crippen LogP contribution in [-0.2, 0) is 4.74 Å². The van der Waals surface area contributed by atoms with Crippen molar-refractivity contribution in [3.8, 4) is 0 Å². The number of ether oxygens (including phenoxy) is 1. The molecule has 1 rings (SSSR count). The summed E-state index contributed by atoms with van der Waals surface area (Å²) in [5, 5.41) is 10.3. The van der Waals surface area contributed by atoms with Gasteiger partial charge in [0.2, 0.25) is 0 Å². The van der Waals surface area contributed by atoms with Crippen molar-refractivity contribution in [1.82, 2.24) is 5.32 Å². The van der Waals surface area contributed by atoms with E-state index in [1.165, 1.54) is 18.7 Å². The molecule has 58 valence electrons. The van der Waals surface area contributed by atoms with Crippen LogP contribution in [0, 0.1) is 0 Å². The van der Waals surface area contributed by atoms with Crippen LogP contribution in [0.3, 0.4) is 0 Å². The van der Waals surface area contributed by atoms with E-state index >= 15 is 0 Å². The third kappa shape index (κ3) is 2.53. The number of allylic oxidation sites excluding steroid dienone is 1. The summed E-state index contributed by atoms with van der Waals surface area (Å²) >= 11 is 0. The van der Waals surface area contributed by atoms with Crippen LogP contribution in [-0.4, -0.2) is 17.4 Å². The molecule has 1 heterocycles. The van der Waals surface area contributed by atoms with Crippen molar-refractivity contribution in [2.75, 3.05) is 0 Å². The van der Waals surface area contributed by atoms with Crippen molar-refractivity contribution in [2.45, 2.75) is 0 Å². The number of hydrogen-bond donors (Lipinski definition) is 2. The number of rotatable bonds is 1. The molecule has 0 fully saturated rings. The van der Waals surface area contributed by atoms with E-state index in [9.17, 15) is 4.79 Å². The predicted molar refractivity (Wildman–Crippen MR) is 38.0 cm³/mol. The summed E-state index contributed by atoms with van der Waals surface area (Å²) < 4.78 is 4.71. The van der Waals surface area contributed by atoms with Crippen LogP contribution in [0.2, 0.25) is 0 Å². The molecule has 2 N–H and O–H groups in total. The van der Waals surface area contributed by atoms with Gasteiger partial charge in [-0.2, -0.15) is 0 Å². The van der Waals surface area contributed by atoms with Gasteiger partial charge in [0.15, 0.2) is 5.82 Å². The molecule has 0 aromatic rings. The molecule has 0 aliphatic carbocycles. The monoisotopic (exact) mass is 154 g/mol. The van der Waals surface area contributed by atoms with Crippen molar-refractivity contribution in [3.05, 3.63) is 24.4 Å². The summed E-state index contributed by atoms with van der Waals surface area (Å²) in [5.41, 5.74) is 0. The normalized spacial score (nSPS) is 14.7. The van der Waals surface area contributed by atoms with E-state index in [-0.39, 0.29) is 5.82 Å². The fraction of sp³-hybridized carbons (Fsp3) is 0. The molecule has 0 spiro atoms. The topological polar surface area (TPSA) is 70.9 Å². The van der Waals surface area contributed by atoms with Crippen LogP contribution in [0.4, 0.5) is 4.79 Å². The van der Waals surface area contributed by atoms with E-state index in [0.29, 0.717) is 0 Å². The Kier molecular flexibility index (Phi) is 2.27. The first-order chi connectivity index (χ1) is 5.29. The van der Waals surface area contributed by atoms with Gasteiger partial charge in [-0.3, -0.25) is 5.32 Å². The van der Waals surface area contributed by atoms with Crippen LogP contribution >= 0.6 is 0 Å². The van der Waals surface area contributed by atoms with E-state index in [4.69, 9.17) is 9.84 Å². The Hall–Kier alpha value is -1.78. The van der Waals surface area contributed by atoms with Gasteiger partial charge >= 0.3 is 6.09 Å². The Bertz CT molecular complexity index is 242. The molecule has 1 amide bonds. The van der Waals surface area contributed by atoms with Crippen molar-refractivity contribution < 1.29 is 14.6 Å². The molecule has 0 saturated carbocycles. The van der Waals surface area contributed by atoms with Gasteiger partial charge in [0.1, 0.15) is 6.26 Å². The van der Waals surface area contributed by atoms with Crippen molar-refractivity contribution in [3.63, 3.8) is 0 Å². The highest BCUT2D eigenvalue weighted by Gasteiger charge is 1.99. The van der Waals surface area contributed by atoms with Crippen molar-refractivity contribution >= 4 is 12.3 Å². The highest BCUT2D eigenvalue weighted by Crippen LogP contribution is 1.95. The molecule has 0 aromatic carbocycles. The quantitative estimate of drug-likeness (QED) is 0.583. The first-order valence-electron chi connectivity index (χ1n) is 2.84. The maximum Gasteiger partial charge on any atom is 0.410 e. The lowest BCUT2D eigenvalue weighted by molar-refractivity contribution is 0.197. The van der Waals surface area contributed by atoms with Gasteiger partial charge in [-0.25, -0.2) is 9.79 Å². The zero-order valence-electron chi connectivity index (χ0n) is 5.52. The van der Waals surface area contributed by atoms with Crippen LogP contribution in [0.25, 0.3) is 0 Å². The van der Waals surface area contributed by atoms with Crippen molar-refractivity contribution in [1.29, 1.82) is 0 Å². The highest BCUT2D eigenvalue weighted by molar-refractivity contribution is 5.73. The first-order valence-corrected chi connectivity index (χ1v) is 2.84. The third-order valence-corrected chi connectivity index (χ3v) is 0.871. The number of nitrogens with zero attached hydrogens (tertiary/aromatic N) is 1. The summed E-state index contributed by atoms with van der Waals surface area (Å²) in [6.45, 7) is 0. The van der Waals surface area contributed by atoms with E-state index in [1.807, 2.05) is 5.32 Å². The maximum absolute atomic E-state index is 10.1. The minimum absolute atomic E-state index is 0.155. The molecule has 0 radical (unpaired) electrons. The lowest BCUT2D eigenvalue weighted by Gasteiger charge is -1.96. The van der Waals surface area contributed by atoms with Gasteiger partial charge in [-0.05, 0) is 6.08 Å². The van der Waals surface area contributed by atoms with Gasteiger partial charge in [-0.1, -0.05) is 0 Å². The number of hydrogen-bond acceptors (Lipinski definition) is 3. The second-order valence-corrected chi connectivity index (χ2v) is 1.68. The largest absolute Gasteiger partial charge is 0.469 e. The Morgan fingerprint density at radius 3 is 3.27 bits per heavy atom. The summed E-state index contributed by atoms with van der Waals surface area (Å²) in [7, 11) is 0. The number of carboxylic acid groups (broad SMARTS) is 1. The second kappa shape index (κ2) is 3.40. The molecule has 0 saturated heterocycles. The van der Waals surface area contributed by atoms with Crippen LogP contribution < -0.4 is 5.32 Å². The molecule has 1 aliphatic rings. The lowest BCUT2D eigenvalue weighted by Crippen LogP contribution is -2.18. The van der Waals surface area contributed by atoms with Gasteiger partial charge in [0.25, 0.3) is 0 Å². The van der Waals surface area contributed by atoms with Crippen molar-refractivity contribution in [2.24, 2.45) is 4.99 Å². The molecule has 0 atom stereocenters. The smallest absolute Gasteiger partial charge is 0.410 e. The number of aliphatic imine (C=N–C) groups is 1. The van der Waals surface area contributed by atoms with Gasteiger partial charge in [-0.15, -0.1) is 0 Å². The summed E-state index contributed by atoms with van der Waals surface area (Å²) in [5.74, 6) is 0.155. The van der Waals surface area contributed by atoms with E-state index in [1.54, 1.807) is 6.08 Å². The minimum atomic E-state index is -1.17. The molecule has 0 aromatic heterocycles. The van der Waals surface area contributed by atoms with Gasteiger partial charge in [0.05, 0.1) is 6.26 Å². The molecule has 5 heteroatoms. The average Bonchev–Trinajstić information content (AvgIpc) is 2.14. The average molecular weight is 154 g/mol. The number of amides is 1. The Balaban J connectivity index is 2.58. The minimum Gasteiger partial charge on any atom is -0.469 e. The van der Waals surface area contributed by atoms with Crippen LogP contribution in [0.15, 0.2) is 29.4 Å². The van der Waals surface area contributed by atoms with E-state index in [2.05, 4.69) is 4.99 Å². The molecule has 5 nitrogen and oxygen atoms in total. The van der Waals surface area contributed by atoms with Crippen LogP contribution in [0.1, 0.15) is 0 Å².